The molecule has 1 spiro atoms. The highest BCUT2D eigenvalue weighted by Gasteiger charge is 2.75. The Morgan fingerprint density at radius 2 is 1.76 bits per heavy atom. The first-order valence-electron chi connectivity index (χ1n) is 15.0. The van der Waals surface area contributed by atoms with Gasteiger partial charge in [-0.05, 0) is 31.4 Å². The summed E-state index contributed by atoms with van der Waals surface area (Å²) in [5.74, 6) is -2.57. The molecule has 5 heterocycles. The van der Waals surface area contributed by atoms with Gasteiger partial charge in [0.25, 0.3) is 5.91 Å². The van der Waals surface area contributed by atoms with Crippen LogP contribution in [-0.2, 0) is 25.8 Å². The summed E-state index contributed by atoms with van der Waals surface area (Å²) in [7, 11) is 0. The fraction of sp³-hybridized carbons (Fsp3) is 0.581. The molecule has 42 heavy (non-hydrogen) atoms. The quantitative estimate of drug-likeness (QED) is 0.477. The molecule has 0 radical (unpaired) electrons. The van der Waals surface area contributed by atoms with E-state index in [1.165, 1.54) is 0 Å². The summed E-state index contributed by atoms with van der Waals surface area (Å²) in [4.78, 5) is 48.5. The van der Waals surface area contributed by atoms with E-state index in [2.05, 4.69) is 10.3 Å². The molecule has 0 bridgehead atoms. The average Bonchev–Trinajstić information content (AvgIpc) is 3.51. The van der Waals surface area contributed by atoms with E-state index >= 15 is 0 Å². The largest absolute Gasteiger partial charge is 0.394 e. The Balaban J connectivity index is 1.46. The van der Waals surface area contributed by atoms with Crippen molar-refractivity contribution >= 4 is 28.8 Å². The van der Waals surface area contributed by atoms with Gasteiger partial charge in [-0.2, -0.15) is 0 Å². The topological polar surface area (TPSA) is 121 Å². The summed E-state index contributed by atoms with van der Waals surface area (Å²) in [6.45, 7) is 8.94. The maximum atomic E-state index is 14.7. The number of para-hydroxylation sites is 1. The highest BCUT2D eigenvalue weighted by Crippen LogP contribution is 2.58. The molecule has 1 aromatic carbocycles. The van der Waals surface area contributed by atoms with Crippen LogP contribution in [0.3, 0.4) is 0 Å². The first-order chi connectivity index (χ1) is 20.2. The van der Waals surface area contributed by atoms with Crippen molar-refractivity contribution in [1.82, 2.24) is 29.7 Å². The number of hydrogen-bond acceptors (Lipinski definition) is 7. The Hall–Kier alpha value is -3.57. The third kappa shape index (κ3) is 4.11. The van der Waals surface area contributed by atoms with Crippen LogP contribution in [-0.4, -0.2) is 102 Å². The maximum Gasteiger partial charge on any atom is 0.250 e. The third-order valence-corrected chi connectivity index (χ3v) is 9.73. The Bertz CT molecular complexity index is 1450. The lowest BCUT2D eigenvalue weighted by atomic mass is 9.74. The lowest BCUT2D eigenvalue weighted by molar-refractivity contribution is -0.158. The highest BCUT2D eigenvalue weighted by molar-refractivity contribution is 6.00. The average molecular weight is 577 g/mol. The second kappa shape index (κ2) is 10.6. The molecule has 224 valence electrons. The molecule has 3 amide bonds. The van der Waals surface area contributed by atoms with Crippen molar-refractivity contribution in [3.63, 3.8) is 0 Å². The number of carbonyl (C=O) groups excluding carboxylic acids is 3. The second-order valence-corrected chi connectivity index (χ2v) is 12.2. The predicted molar refractivity (Wildman–Crippen MR) is 155 cm³/mol. The van der Waals surface area contributed by atoms with Crippen molar-refractivity contribution in [1.29, 1.82) is 0 Å². The fourth-order valence-electron chi connectivity index (χ4n) is 7.51. The molecule has 4 aliphatic heterocycles. The molecule has 1 N–H and O–H groups in total. The molecular formula is C31H40N6O5. The highest BCUT2D eigenvalue weighted by atomic mass is 16.5. The number of likely N-dealkylation sites (tertiary alicyclic amines) is 1. The second-order valence-electron chi connectivity index (χ2n) is 12.2. The molecule has 0 aliphatic carbocycles. The van der Waals surface area contributed by atoms with Gasteiger partial charge in [-0.25, -0.2) is 4.68 Å². The van der Waals surface area contributed by atoms with Gasteiger partial charge in [0, 0.05) is 19.6 Å². The van der Waals surface area contributed by atoms with Crippen molar-refractivity contribution < 1.29 is 24.2 Å². The monoisotopic (exact) mass is 576 g/mol. The number of ether oxygens (including phenoxy) is 1. The van der Waals surface area contributed by atoms with Gasteiger partial charge in [-0.1, -0.05) is 68.8 Å². The van der Waals surface area contributed by atoms with Crippen LogP contribution in [0.4, 0.5) is 0 Å². The Morgan fingerprint density at radius 1 is 1.02 bits per heavy atom. The van der Waals surface area contributed by atoms with Gasteiger partial charge >= 0.3 is 0 Å². The molecule has 11 heteroatoms. The summed E-state index contributed by atoms with van der Waals surface area (Å²) < 4.78 is 8.58. The number of nitrogens with zero attached hydrogens (tertiary/aromatic N) is 6. The van der Waals surface area contributed by atoms with E-state index in [1.54, 1.807) is 19.4 Å². The number of rotatable bonds is 8. The van der Waals surface area contributed by atoms with Gasteiger partial charge in [-0.3, -0.25) is 14.4 Å². The Morgan fingerprint density at radius 3 is 2.50 bits per heavy atom. The first kappa shape index (κ1) is 28.5. The summed E-state index contributed by atoms with van der Waals surface area (Å²) in [6, 6.07) is 5.87. The van der Waals surface area contributed by atoms with E-state index in [0.717, 1.165) is 17.5 Å². The van der Waals surface area contributed by atoms with Crippen LogP contribution in [0.5, 0.6) is 0 Å². The van der Waals surface area contributed by atoms with Gasteiger partial charge in [-0.15, -0.1) is 5.10 Å². The first-order valence-corrected chi connectivity index (χ1v) is 15.0. The van der Waals surface area contributed by atoms with Gasteiger partial charge < -0.3 is 24.5 Å². The van der Waals surface area contributed by atoms with Gasteiger partial charge in [0.1, 0.15) is 23.8 Å². The fourth-order valence-corrected chi connectivity index (χ4v) is 7.51. The van der Waals surface area contributed by atoms with Crippen LogP contribution in [0.25, 0.3) is 11.0 Å². The van der Waals surface area contributed by atoms with Crippen LogP contribution >= 0.6 is 0 Å². The molecular weight excluding hydrogens is 536 g/mol. The zero-order chi connectivity index (χ0) is 29.8. The lowest BCUT2D eigenvalue weighted by Gasteiger charge is -2.41. The predicted octanol–water partition coefficient (Wildman–Crippen LogP) is 1.97. The van der Waals surface area contributed by atoms with Crippen LogP contribution in [0.1, 0.15) is 40.5 Å². The van der Waals surface area contributed by atoms with Crippen molar-refractivity contribution in [3.05, 3.63) is 48.6 Å². The molecule has 1 aromatic heterocycles. The summed E-state index contributed by atoms with van der Waals surface area (Å²) in [5.41, 5.74) is -0.937. The van der Waals surface area contributed by atoms with Crippen LogP contribution < -0.4 is 0 Å². The van der Waals surface area contributed by atoms with Crippen molar-refractivity contribution in [2.45, 2.75) is 70.5 Å². The van der Waals surface area contributed by atoms with E-state index in [9.17, 15) is 19.5 Å². The van der Waals surface area contributed by atoms with Gasteiger partial charge in [0.05, 0.1) is 35.6 Å². The van der Waals surface area contributed by atoms with E-state index < -0.39 is 35.1 Å². The lowest BCUT2D eigenvalue weighted by Crippen LogP contribution is -2.60. The molecule has 2 fully saturated rings. The normalized spacial score (nSPS) is 32.2. The number of aromatic nitrogens is 3. The number of carbonyl (C=O) groups is 3. The zero-order valence-electron chi connectivity index (χ0n) is 24.7. The summed E-state index contributed by atoms with van der Waals surface area (Å²) >= 11 is 0. The molecule has 2 saturated heterocycles. The van der Waals surface area contributed by atoms with Gasteiger partial charge in [0.15, 0.2) is 0 Å². The minimum atomic E-state index is -1.37. The number of hydrogen-bond donors (Lipinski definition) is 1. The molecule has 11 nitrogen and oxygen atoms in total. The SMILES string of the molecule is CCCN1CC=C[C@@]2(C)O[C@]34C=CCN(Cn5nnc6ccccc65)C(=O)C3N([C@@H](CO)[C@@H](C)CC)C(=O)[C@@H]4[C@H]2C1=O. The van der Waals surface area contributed by atoms with Crippen LogP contribution in [0.15, 0.2) is 48.6 Å². The van der Waals surface area contributed by atoms with Crippen LogP contribution in [0, 0.1) is 17.8 Å². The van der Waals surface area contributed by atoms with E-state index in [0.29, 0.717) is 19.5 Å². The van der Waals surface area contributed by atoms with Crippen LogP contribution in [0.2, 0.25) is 0 Å². The molecule has 0 saturated carbocycles. The summed E-state index contributed by atoms with van der Waals surface area (Å²) in [6.07, 6.45) is 9.02. The summed E-state index contributed by atoms with van der Waals surface area (Å²) in [5, 5.41) is 19.1. The number of fused-ring (bicyclic) bond motifs is 3. The zero-order valence-corrected chi connectivity index (χ0v) is 24.7. The molecule has 1 unspecified atom stereocenters. The standard InChI is InChI=1S/C31H40N6O5/c1-5-15-34-16-9-13-30(4)24(27(34)39)25-28(40)37(23(18-38)20(3)6-2)26-29(41)35(17-10-14-31(25,26)42-30)19-36-22-12-8-7-11-21(22)32-33-36/h7-14,20,23-26,38H,5-6,15-19H2,1-4H3/t20-,23-,24-,25-,26?,30+,31-/m0/s1. The van der Waals surface area contributed by atoms with Crippen molar-refractivity contribution in [3.8, 4) is 0 Å². The Labute approximate surface area is 245 Å². The molecule has 4 aliphatic rings. The third-order valence-electron chi connectivity index (χ3n) is 9.73. The number of benzene rings is 1. The van der Waals surface area contributed by atoms with E-state index in [-0.39, 0.29) is 43.5 Å². The van der Waals surface area contributed by atoms with Crippen molar-refractivity contribution in [2.24, 2.45) is 17.8 Å². The molecule has 7 atom stereocenters. The van der Waals surface area contributed by atoms with Crippen molar-refractivity contribution in [2.75, 3.05) is 26.2 Å². The van der Waals surface area contributed by atoms with E-state index in [4.69, 9.17) is 4.74 Å². The minimum absolute atomic E-state index is 0.0877. The van der Waals surface area contributed by atoms with E-state index in [1.807, 2.05) is 76.3 Å². The number of aliphatic hydroxyl groups excluding tert-OH is 1. The molecule has 6 rings (SSSR count). The number of amides is 3. The minimum Gasteiger partial charge on any atom is -0.394 e. The smallest absolute Gasteiger partial charge is 0.250 e. The Kier molecular flexibility index (Phi) is 7.21. The maximum absolute atomic E-state index is 14.7. The molecule has 2 aromatic rings. The number of aliphatic hydroxyl groups is 1. The van der Waals surface area contributed by atoms with Gasteiger partial charge in [0.2, 0.25) is 11.8 Å².